The number of amides is 3. The van der Waals surface area contributed by atoms with Gasteiger partial charge in [0.1, 0.15) is 11.9 Å². The maximum absolute atomic E-state index is 12.8. The quantitative estimate of drug-likeness (QED) is 0.457. The highest BCUT2D eigenvalue weighted by molar-refractivity contribution is 6.09. The highest BCUT2D eigenvalue weighted by atomic mass is 16.2. The van der Waals surface area contributed by atoms with Crippen molar-refractivity contribution >= 4 is 34.4 Å². The summed E-state index contributed by atoms with van der Waals surface area (Å²) in [5.74, 6) is 0.208. The summed E-state index contributed by atoms with van der Waals surface area (Å²) < 4.78 is 0. The van der Waals surface area contributed by atoms with Crippen molar-refractivity contribution in [2.24, 2.45) is 5.92 Å². The normalized spacial score (nSPS) is 16.8. The van der Waals surface area contributed by atoms with E-state index in [1.54, 1.807) is 24.3 Å². The first-order chi connectivity index (χ1) is 15.4. The number of hydrogen-bond donors (Lipinski definition) is 4. The molecule has 0 bridgehead atoms. The number of rotatable bonds is 7. The van der Waals surface area contributed by atoms with Crippen molar-refractivity contribution in [3.05, 3.63) is 59.9 Å². The van der Waals surface area contributed by atoms with Crippen molar-refractivity contribution < 1.29 is 14.4 Å². The fourth-order valence-corrected chi connectivity index (χ4v) is 3.90. The van der Waals surface area contributed by atoms with Crippen LogP contribution in [0.2, 0.25) is 0 Å². The Balaban J connectivity index is 1.41. The van der Waals surface area contributed by atoms with Gasteiger partial charge in [-0.15, -0.1) is 0 Å². The predicted molar refractivity (Wildman–Crippen MR) is 122 cm³/mol. The van der Waals surface area contributed by atoms with Crippen molar-refractivity contribution in [2.45, 2.75) is 45.2 Å². The molecule has 0 spiro atoms. The van der Waals surface area contributed by atoms with Crippen LogP contribution in [0.5, 0.6) is 0 Å². The number of H-pyrrole nitrogens is 1. The summed E-state index contributed by atoms with van der Waals surface area (Å²) in [5.41, 5.74) is 2.66. The molecule has 2 atom stereocenters. The van der Waals surface area contributed by atoms with E-state index < -0.39 is 6.04 Å². The Kier molecular flexibility index (Phi) is 6.20. The molecule has 32 heavy (non-hydrogen) atoms. The van der Waals surface area contributed by atoms with Gasteiger partial charge in [-0.25, -0.2) is 4.98 Å². The Morgan fingerprint density at radius 1 is 1.09 bits per heavy atom. The summed E-state index contributed by atoms with van der Waals surface area (Å²) in [7, 11) is 0. The zero-order valence-electron chi connectivity index (χ0n) is 18.1. The molecule has 1 aliphatic rings. The highest BCUT2D eigenvalue weighted by Crippen LogP contribution is 2.23. The van der Waals surface area contributed by atoms with E-state index in [4.69, 9.17) is 0 Å². The van der Waals surface area contributed by atoms with E-state index in [1.165, 1.54) is 0 Å². The number of carbonyl (C=O) groups is 3. The molecule has 0 saturated carbocycles. The summed E-state index contributed by atoms with van der Waals surface area (Å²) in [6, 6.07) is 13.5. The van der Waals surface area contributed by atoms with E-state index in [-0.39, 0.29) is 36.6 Å². The van der Waals surface area contributed by atoms with Crippen molar-refractivity contribution in [1.29, 1.82) is 0 Å². The Morgan fingerprint density at radius 3 is 2.62 bits per heavy atom. The van der Waals surface area contributed by atoms with Gasteiger partial charge in [0, 0.05) is 6.42 Å². The van der Waals surface area contributed by atoms with E-state index >= 15 is 0 Å². The third kappa shape index (κ3) is 4.80. The van der Waals surface area contributed by atoms with E-state index in [1.807, 2.05) is 24.3 Å². The van der Waals surface area contributed by atoms with Crippen molar-refractivity contribution in [2.75, 3.05) is 5.32 Å². The number of nitrogens with zero attached hydrogens (tertiary/aromatic N) is 1. The lowest BCUT2D eigenvalue weighted by Gasteiger charge is -2.20. The summed E-state index contributed by atoms with van der Waals surface area (Å²) in [6.45, 7) is 4.18. The first-order valence-corrected chi connectivity index (χ1v) is 10.9. The van der Waals surface area contributed by atoms with Gasteiger partial charge < -0.3 is 20.9 Å². The Labute approximate surface area is 186 Å². The molecular formula is C24H27N5O3. The average molecular weight is 434 g/mol. The molecule has 0 saturated heterocycles. The number of hydrogen-bond acceptors (Lipinski definition) is 4. The zero-order valence-corrected chi connectivity index (χ0v) is 18.1. The number of benzene rings is 2. The smallest absolute Gasteiger partial charge is 0.254 e. The Bertz CT molecular complexity index is 1120. The lowest BCUT2D eigenvalue weighted by atomic mass is 10.0. The molecule has 3 aromatic rings. The second-order valence-corrected chi connectivity index (χ2v) is 8.49. The first-order valence-electron chi connectivity index (χ1n) is 10.9. The van der Waals surface area contributed by atoms with Crippen molar-refractivity contribution in [3.63, 3.8) is 0 Å². The molecular weight excluding hydrogens is 406 g/mol. The van der Waals surface area contributed by atoms with Crippen LogP contribution in [-0.4, -0.2) is 33.7 Å². The summed E-state index contributed by atoms with van der Waals surface area (Å²) in [6.07, 6.45) is 1.02. The zero-order chi connectivity index (χ0) is 22.7. The largest absolute Gasteiger partial charge is 0.346 e. The third-order valence-corrected chi connectivity index (χ3v) is 5.49. The molecule has 2 aromatic carbocycles. The van der Waals surface area contributed by atoms with Gasteiger partial charge in [-0.1, -0.05) is 38.1 Å². The molecule has 1 aliphatic heterocycles. The van der Waals surface area contributed by atoms with Crippen LogP contribution in [0, 0.1) is 5.92 Å². The van der Waals surface area contributed by atoms with E-state index in [9.17, 15) is 14.4 Å². The minimum Gasteiger partial charge on any atom is -0.346 e. The number of imidazole rings is 1. The average Bonchev–Trinajstić information content (AvgIpc) is 3.15. The van der Waals surface area contributed by atoms with E-state index in [0.29, 0.717) is 23.0 Å². The minimum absolute atomic E-state index is 0.101. The number of carbonyl (C=O) groups excluding carboxylic acids is 3. The fraction of sp³-hybridized carbons (Fsp3) is 0.333. The van der Waals surface area contributed by atoms with Gasteiger partial charge in [0.15, 0.2) is 0 Å². The van der Waals surface area contributed by atoms with Crippen LogP contribution in [0.25, 0.3) is 11.0 Å². The van der Waals surface area contributed by atoms with Crippen LogP contribution < -0.4 is 16.0 Å². The Hall–Kier alpha value is -3.68. The van der Waals surface area contributed by atoms with Crippen LogP contribution in [0.4, 0.5) is 5.69 Å². The molecule has 2 heterocycles. The molecule has 4 rings (SSSR count). The number of aromatic amines is 1. The van der Waals surface area contributed by atoms with E-state index in [2.05, 4.69) is 39.8 Å². The van der Waals surface area contributed by atoms with Crippen LogP contribution in [0.3, 0.4) is 0 Å². The predicted octanol–water partition coefficient (Wildman–Crippen LogP) is 3.30. The monoisotopic (exact) mass is 433 g/mol. The van der Waals surface area contributed by atoms with E-state index in [0.717, 1.165) is 17.5 Å². The maximum Gasteiger partial charge on any atom is 0.254 e. The summed E-state index contributed by atoms with van der Waals surface area (Å²) in [4.78, 5) is 45.7. The van der Waals surface area contributed by atoms with Gasteiger partial charge in [-0.05, 0) is 43.0 Å². The van der Waals surface area contributed by atoms with Crippen molar-refractivity contribution in [1.82, 2.24) is 20.6 Å². The minimum atomic E-state index is -0.782. The first kappa shape index (κ1) is 21.5. The molecule has 8 nitrogen and oxygen atoms in total. The number of para-hydroxylation sites is 3. The molecule has 4 N–H and O–H groups in total. The Morgan fingerprint density at radius 2 is 1.84 bits per heavy atom. The molecule has 3 amide bonds. The highest BCUT2D eigenvalue weighted by Gasteiger charge is 2.28. The second-order valence-electron chi connectivity index (χ2n) is 8.49. The molecule has 1 aromatic heterocycles. The number of aromatic nitrogens is 2. The third-order valence-electron chi connectivity index (χ3n) is 5.49. The summed E-state index contributed by atoms with van der Waals surface area (Å²) >= 11 is 0. The van der Waals surface area contributed by atoms with Gasteiger partial charge in [-0.2, -0.15) is 0 Å². The van der Waals surface area contributed by atoms with Gasteiger partial charge in [0.2, 0.25) is 11.8 Å². The number of anilines is 1. The van der Waals surface area contributed by atoms with Crippen molar-refractivity contribution in [3.8, 4) is 0 Å². The van der Waals surface area contributed by atoms with Gasteiger partial charge in [-0.3, -0.25) is 14.4 Å². The van der Waals surface area contributed by atoms with Gasteiger partial charge >= 0.3 is 0 Å². The topological polar surface area (TPSA) is 116 Å². The standard InChI is InChI=1S/C24H27N5O3/c1-14(2)13-20(22-26-17-9-5-6-10-18(17)27-22)25-21(30)12-11-19-24(32)28-16-8-4-3-7-15(16)23(31)29-19/h3-10,14,19-20H,11-13H2,1-2H3,(H,25,30)(H,26,27)(H,28,32)(H,29,31)/t19?,20-/m0/s1. The van der Waals surface area contributed by atoms with Gasteiger partial charge in [0.05, 0.1) is 28.3 Å². The number of nitrogens with one attached hydrogen (secondary N) is 4. The molecule has 166 valence electrons. The fourth-order valence-electron chi connectivity index (χ4n) is 3.90. The second kappa shape index (κ2) is 9.21. The lowest BCUT2D eigenvalue weighted by molar-refractivity contribution is -0.122. The SMILES string of the molecule is CC(C)C[C@H](NC(=O)CCC1NC(=O)c2ccccc2NC1=O)c1nc2ccccc2[nH]1. The van der Waals surface area contributed by atoms with Crippen LogP contribution in [-0.2, 0) is 9.59 Å². The molecule has 8 heteroatoms. The summed E-state index contributed by atoms with van der Waals surface area (Å²) in [5, 5.41) is 8.54. The van der Waals surface area contributed by atoms with Crippen LogP contribution in [0.15, 0.2) is 48.5 Å². The molecule has 0 fully saturated rings. The molecule has 0 radical (unpaired) electrons. The molecule has 1 unspecified atom stereocenters. The number of fused-ring (bicyclic) bond motifs is 2. The molecule has 0 aliphatic carbocycles. The van der Waals surface area contributed by atoms with Crippen LogP contribution in [0.1, 0.15) is 55.3 Å². The lowest BCUT2D eigenvalue weighted by Crippen LogP contribution is -2.42. The van der Waals surface area contributed by atoms with Crippen LogP contribution >= 0.6 is 0 Å². The van der Waals surface area contributed by atoms with Gasteiger partial charge in [0.25, 0.3) is 5.91 Å². The maximum atomic E-state index is 12.8.